The number of sulfonamides is 1. The van der Waals surface area contributed by atoms with Gasteiger partial charge in [0.25, 0.3) is 10.0 Å². The van der Waals surface area contributed by atoms with Gasteiger partial charge in [-0.25, -0.2) is 17.8 Å². The SMILES string of the molecule is O=C(C1CCCCN1S(=O)(=O)c1cccs1)N(Cc1ccco1)c1nc2ccc(F)cc2s1. The molecule has 1 saturated heterocycles. The third kappa shape index (κ3) is 4.33. The van der Waals surface area contributed by atoms with E-state index >= 15 is 0 Å². The van der Waals surface area contributed by atoms with Crippen LogP contribution in [0.3, 0.4) is 0 Å². The largest absolute Gasteiger partial charge is 0.467 e. The molecule has 0 aliphatic carbocycles. The fourth-order valence-electron chi connectivity index (χ4n) is 3.95. The Balaban J connectivity index is 1.53. The first-order valence-corrected chi connectivity index (χ1v) is 13.5. The van der Waals surface area contributed by atoms with E-state index < -0.39 is 16.1 Å². The third-order valence-electron chi connectivity index (χ3n) is 5.53. The van der Waals surface area contributed by atoms with E-state index in [1.54, 1.807) is 35.7 Å². The van der Waals surface area contributed by atoms with Crippen molar-refractivity contribution >= 4 is 54.0 Å². The lowest BCUT2D eigenvalue weighted by molar-refractivity contribution is -0.123. The van der Waals surface area contributed by atoms with Crippen LogP contribution in [-0.2, 0) is 21.4 Å². The molecule has 4 heterocycles. The zero-order chi connectivity index (χ0) is 23.0. The van der Waals surface area contributed by atoms with Gasteiger partial charge >= 0.3 is 0 Å². The summed E-state index contributed by atoms with van der Waals surface area (Å²) in [4.78, 5) is 19.9. The minimum absolute atomic E-state index is 0.0948. The molecule has 1 atom stereocenters. The molecule has 172 valence electrons. The summed E-state index contributed by atoms with van der Waals surface area (Å²) in [7, 11) is -3.81. The van der Waals surface area contributed by atoms with E-state index in [9.17, 15) is 17.6 Å². The van der Waals surface area contributed by atoms with Gasteiger partial charge < -0.3 is 4.42 Å². The summed E-state index contributed by atoms with van der Waals surface area (Å²) < 4.78 is 47.9. The fourth-order valence-corrected chi connectivity index (χ4v) is 7.71. The van der Waals surface area contributed by atoms with Crippen LogP contribution in [-0.4, -0.2) is 36.2 Å². The highest BCUT2D eigenvalue weighted by molar-refractivity contribution is 7.91. The number of furan rings is 1. The monoisotopic (exact) mass is 505 g/mol. The molecule has 5 rings (SSSR count). The quantitative estimate of drug-likeness (QED) is 0.373. The summed E-state index contributed by atoms with van der Waals surface area (Å²) in [5, 5.41) is 2.08. The zero-order valence-corrected chi connectivity index (χ0v) is 19.8. The smallest absolute Gasteiger partial charge is 0.253 e. The van der Waals surface area contributed by atoms with Crippen molar-refractivity contribution in [2.45, 2.75) is 36.1 Å². The minimum atomic E-state index is -3.81. The van der Waals surface area contributed by atoms with Crippen LogP contribution in [0.4, 0.5) is 9.52 Å². The predicted octanol–water partition coefficient (Wildman–Crippen LogP) is 4.87. The number of halogens is 1. The van der Waals surface area contributed by atoms with Crippen LogP contribution in [0.1, 0.15) is 25.0 Å². The van der Waals surface area contributed by atoms with Gasteiger partial charge in [0, 0.05) is 6.54 Å². The normalized spacial score (nSPS) is 17.4. The highest BCUT2D eigenvalue weighted by Crippen LogP contribution is 2.34. The van der Waals surface area contributed by atoms with E-state index in [0.717, 1.165) is 17.8 Å². The number of anilines is 1. The van der Waals surface area contributed by atoms with E-state index in [1.165, 1.54) is 38.9 Å². The summed E-state index contributed by atoms with van der Waals surface area (Å²) in [5.74, 6) is -0.217. The van der Waals surface area contributed by atoms with E-state index in [2.05, 4.69) is 4.98 Å². The Morgan fingerprint density at radius 1 is 1.24 bits per heavy atom. The van der Waals surface area contributed by atoms with Gasteiger partial charge in [-0.1, -0.05) is 23.8 Å². The molecule has 1 aromatic carbocycles. The number of hydrogen-bond donors (Lipinski definition) is 0. The third-order valence-corrected chi connectivity index (χ3v) is 9.85. The van der Waals surface area contributed by atoms with E-state index in [0.29, 0.717) is 34.0 Å². The number of carbonyl (C=O) groups is 1. The number of carbonyl (C=O) groups excluding carboxylic acids is 1. The van der Waals surface area contributed by atoms with Crippen molar-refractivity contribution in [3.63, 3.8) is 0 Å². The summed E-state index contributed by atoms with van der Waals surface area (Å²) in [5.41, 5.74) is 0.570. The van der Waals surface area contributed by atoms with Crippen LogP contribution >= 0.6 is 22.7 Å². The number of thiophene rings is 1. The lowest BCUT2D eigenvalue weighted by atomic mass is 10.0. The maximum atomic E-state index is 13.9. The Labute approximate surface area is 198 Å². The number of piperidine rings is 1. The van der Waals surface area contributed by atoms with Gasteiger partial charge in [0.05, 0.1) is 23.0 Å². The molecule has 0 N–H and O–H groups in total. The first-order chi connectivity index (χ1) is 15.9. The first-order valence-electron chi connectivity index (χ1n) is 10.4. The molecular formula is C22H20FN3O4S3. The Kier molecular flexibility index (Phi) is 6.04. The minimum Gasteiger partial charge on any atom is -0.467 e. The second-order valence-electron chi connectivity index (χ2n) is 7.67. The maximum Gasteiger partial charge on any atom is 0.253 e. The van der Waals surface area contributed by atoms with Crippen LogP contribution in [0.5, 0.6) is 0 Å². The van der Waals surface area contributed by atoms with Crippen LogP contribution in [0.15, 0.2) is 62.7 Å². The van der Waals surface area contributed by atoms with E-state index in [4.69, 9.17) is 4.42 Å². The van der Waals surface area contributed by atoms with Gasteiger partial charge in [-0.3, -0.25) is 9.69 Å². The highest BCUT2D eigenvalue weighted by Gasteiger charge is 2.41. The highest BCUT2D eigenvalue weighted by atomic mass is 32.2. The first kappa shape index (κ1) is 22.2. The molecule has 0 radical (unpaired) electrons. The molecule has 7 nitrogen and oxygen atoms in total. The number of aromatic nitrogens is 1. The van der Waals surface area contributed by atoms with Gasteiger partial charge in [-0.05, 0) is 54.6 Å². The number of hydrogen-bond acceptors (Lipinski definition) is 7. The van der Waals surface area contributed by atoms with Gasteiger partial charge in [-0.2, -0.15) is 4.31 Å². The number of rotatable bonds is 6. The summed E-state index contributed by atoms with van der Waals surface area (Å²) in [6.45, 7) is 0.369. The molecule has 33 heavy (non-hydrogen) atoms. The van der Waals surface area contributed by atoms with Crippen molar-refractivity contribution in [1.29, 1.82) is 0 Å². The van der Waals surface area contributed by atoms with Crippen molar-refractivity contribution in [2.24, 2.45) is 0 Å². The number of benzene rings is 1. The van der Waals surface area contributed by atoms with Gasteiger partial charge in [0.2, 0.25) is 5.91 Å². The van der Waals surface area contributed by atoms with Crippen LogP contribution in [0.2, 0.25) is 0 Å². The van der Waals surface area contributed by atoms with Gasteiger partial charge in [0.15, 0.2) is 5.13 Å². The molecule has 11 heteroatoms. The van der Waals surface area contributed by atoms with Crippen molar-refractivity contribution in [3.05, 3.63) is 65.7 Å². The van der Waals surface area contributed by atoms with E-state index in [-0.39, 0.29) is 29.0 Å². The molecule has 0 bridgehead atoms. The second kappa shape index (κ2) is 8.98. The Morgan fingerprint density at radius 2 is 2.12 bits per heavy atom. The standard InChI is InChI=1S/C22H20FN3O4S3/c23-15-8-9-17-19(13-15)32-22(24-17)25(14-16-5-3-11-30-16)21(27)18-6-1-2-10-26(18)33(28,29)20-7-4-12-31-20/h3-5,7-9,11-13,18H,1-2,6,10,14H2. The van der Waals surface area contributed by atoms with Crippen LogP contribution in [0.25, 0.3) is 10.2 Å². The lowest BCUT2D eigenvalue weighted by Crippen LogP contribution is -2.52. The van der Waals surface area contributed by atoms with Crippen molar-refractivity contribution in [1.82, 2.24) is 9.29 Å². The average Bonchev–Trinajstić information content (AvgIpc) is 3.58. The number of amides is 1. The van der Waals surface area contributed by atoms with Crippen LogP contribution in [0, 0.1) is 5.82 Å². The number of fused-ring (bicyclic) bond motifs is 1. The molecule has 0 saturated carbocycles. The Hall–Kier alpha value is -2.60. The van der Waals surface area contributed by atoms with Crippen molar-refractivity contribution in [3.8, 4) is 0 Å². The Bertz CT molecular complexity index is 1370. The maximum absolute atomic E-state index is 13.9. The second-order valence-corrected chi connectivity index (χ2v) is 11.7. The molecule has 0 spiro atoms. The van der Waals surface area contributed by atoms with Gasteiger partial charge in [-0.15, -0.1) is 11.3 Å². The zero-order valence-electron chi connectivity index (χ0n) is 17.4. The predicted molar refractivity (Wildman–Crippen MR) is 125 cm³/mol. The number of thiazole rings is 1. The van der Waals surface area contributed by atoms with Gasteiger partial charge in [0.1, 0.15) is 21.8 Å². The molecule has 4 aromatic rings. The molecule has 1 unspecified atom stereocenters. The Morgan fingerprint density at radius 3 is 2.88 bits per heavy atom. The molecule has 1 aliphatic heterocycles. The topological polar surface area (TPSA) is 83.7 Å². The molecule has 1 amide bonds. The summed E-state index contributed by atoms with van der Waals surface area (Å²) >= 11 is 2.32. The molecule has 1 fully saturated rings. The number of nitrogens with zero attached hydrogens (tertiary/aromatic N) is 3. The summed E-state index contributed by atoms with van der Waals surface area (Å²) in [6, 6.07) is 10.1. The fraction of sp³-hybridized carbons (Fsp3) is 0.273. The summed E-state index contributed by atoms with van der Waals surface area (Å²) in [6.07, 6.45) is 3.36. The van der Waals surface area contributed by atoms with Crippen molar-refractivity contribution in [2.75, 3.05) is 11.4 Å². The molecular weight excluding hydrogens is 485 g/mol. The average molecular weight is 506 g/mol. The molecule has 3 aromatic heterocycles. The lowest BCUT2D eigenvalue weighted by Gasteiger charge is -2.35. The van der Waals surface area contributed by atoms with Crippen molar-refractivity contribution < 1.29 is 22.0 Å². The van der Waals surface area contributed by atoms with Crippen LogP contribution < -0.4 is 4.90 Å². The van der Waals surface area contributed by atoms with E-state index in [1.807, 2.05) is 0 Å². The molecule has 1 aliphatic rings.